The van der Waals surface area contributed by atoms with E-state index in [0.717, 1.165) is 27.9 Å². The number of hydrogen-bond donors (Lipinski definition) is 0. The molecule has 0 aliphatic rings. The molecular weight excluding hydrogens is 587 g/mol. The van der Waals surface area contributed by atoms with Crippen LogP contribution in [-0.2, 0) is 0 Å². The van der Waals surface area contributed by atoms with Crippen LogP contribution in [0, 0.1) is 0 Å². The molecule has 0 spiro atoms. The van der Waals surface area contributed by atoms with E-state index in [1.807, 2.05) is 30.3 Å². The second-order valence-corrected chi connectivity index (χ2v) is 11.9. The Balaban J connectivity index is 1.11. The van der Waals surface area contributed by atoms with Crippen LogP contribution in [-0.4, -0.2) is 14.8 Å². The van der Waals surface area contributed by atoms with Crippen molar-refractivity contribution in [2.75, 3.05) is 0 Å². The molecule has 48 heavy (non-hydrogen) atoms. The molecule has 0 N–H and O–H groups in total. The summed E-state index contributed by atoms with van der Waals surface area (Å²) in [5.74, 6) is 1.02. The number of para-hydroxylation sites is 2. The molecule has 0 aliphatic heterocycles. The molecular formula is C44H29N3O. The molecule has 0 bridgehead atoms. The topological polar surface area (TPSA) is 43.9 Å². The molecule has 2 heterocycles. The summed E-state index contributed by atoms with van der Waals surface area (Å²) in [7, 11) is 0. The van der Waals surface area contributed by atoms with Crippen LogP contribution in [0.2, 0.25) is 0 Å². The third kappa shape index (κ3) is 4.79. The Labute approximate surface area is 278 Å². The maximum absolute atomic E-state index is 6.02. The van der Waals surface area contributed by atoms with Crippen LogP contribution >= 0.6 is 0 Å². The molecule has 0 aliphatic carbocycles. The third-order valence-electron chi connectivity index (χ3n) is 9.03. The number of rotatable bonds is 6. The first-order valence-electron chi connectivity index (χ1n) is 16.1. The molecule has 0 atom stereocenters. The van der Waals surface area contributed by atoms with Crippen LogP contribution in [0.15, 0.2) is 180 Å². The number of hydrogen-bond acceptors (Lipinski definition) is 3. The monoisotopic (exact) mass is 615 g/mol. The van der Waals surface area contributed by atoms with Gasteiger partial charge in [0.25, 0.3) is 0 Å². The standard InChI is InChI=1S/C44H29N3O/c1-3-13-31(14-4-1)43-45-46-44(48-43)32-25-23-30(24-26-32)35-17-7-9-19-37(35)38-20-10-8-18-36(38)33-27-28-42-40(29-33)39-21-11-12-22-41(39)47(42)34-15-5-2-6-16-34/h1-29H. The smallest absolute Gasteiger partial charge is 0.248 e. The molecule has 0 fully saturated rings. The number of fused-ring (bicyclic) bond motifs is 3. The molecule has 7 aromatic carbocycles. The molecule has 2 aromatic heterocycles. The van der Waals surface area contributed by atoms with Gasteiger partial charge in [-0.1, -0.05) is 121 Å². The van der Waals surface area contributed by atoms with E-state index in [9.17, 15) is 0 Å². The zero-order valence-electron chi connectivity index (χ0n) is 26.0. The highest BCUT2D eigenvalue weighted by molar-refractivity contribution is 6.11. The molecule has 9 aromatic rings. The summed E-state index contributed by atoms with van der Waals surface area (Å²) >= 11 is 0. The van der Waals surface area contributed by atoms with Crippen LogP contribution in [0.1, 0.15) is 0 Å². The van der Waals surface area contributed by atoms with Crippen molar-refractivity contribution < 1.29 is 4.42 Å². The highest BCUT2D eigenvalue weighted by Crippen LogP contribution is 2.41. The van der Waals surface area contributed by atoms with E-state index in [2.05, 4.69) is 160 Å². The van der Waals surface area contributed by atoms with Crippen molar-refractivity contribution in [3.8, 4) is 62.0 Å². The van der Waals surface area contributed by atoms with E-state index in [-0.39, 0.29) is 0 Å². The van der Waals surface area contributed by atoms with Gasteiger partial charge >= 0.3 is 0 Å². The van der Waals surface area contributed by atoms with Crippen LogP contribution in [0.25, 0.3) is 83.8 Å². The van der Waals surface area contributed by atoms with Crippen molar-refractivity contribution >= 4 is 21.8 Å². The molecule has 0 radical (unpaired) electrons. The van der Waals surface area contributed by atoms with Crippen LogP contribution in [0.5, 0.6) is 0 Å². The first kappa shape index (κ1) is 27.8. The van der Waals surface area contributed by atoms with Crippen molar-refractivity contribution in [1.82, 2.24) is 14.8 Å². The summed E-state index contributed by atoms with van der Waals surface area (Å²) in [5, 5.41) is 11.1. The van der Waals surface area contributed by atoms with Crippen LogP contribution in [0.3, 0.4) is 0 Å². The van der Waals surface area contributed by atoms with Gasteiger partial charge < -0.3 is 8.98 Å². The summed E-state index contributed by atoms with van der Waals surface area (Å²) in [5.41, 5.74) is 12.4. The Morgan fingerprint density at radius 2 is 0.833 bits per heavy atom. The fourth-order valence-corrected chi connectivity index (χ4v) is 6.76. The molecule has 0 saturated carbocycles. The van der Waals surface area contributed by atoms with E-state index in [4.69, 9.17) is 4.42 Å². The minimum absolute atomic E-state index is 0.503. The van der Waals surface area contributed by atoms with Crippen molar-refractivity contribution in [1.29, 1.82) is 0 Å². The maximum Gasteiger partial charge on any atom is 0.248 e. The van der Waals surface area contributed by atoms with Gasteiger partial charge in [0.2, 0.25) is 11.8 Å². The SMILES string of the molecule is c1ccc(-c2nnc(-c3ccc(-c4ccccc4-c4ccccc4-c4ccc5c(c4)c4ccccc4n5-c4ccccc4)cc3)o2)cc1. The molecule has 226 valence electrons. The van der Waals surface area contributed by atoms with Gasteiger partial charge in [-0.15, -0.1) is 10.2 Å². The molecule has 0 unspecified atom stereocenters. The second kappa shape index (κ2) is 11.7. The lowest BCUT2D eigenvalue weighted by Gasteiger charge is -2.15. The molecule has 4 heteroatoms. The van der Waals surface area contributed by atoms with Crippen LogP contribution < -0.4 is 0 Å². The minimum Gasteiger partial charge on any atom is -0.416 e. The zero-order chi connectivity index (χ0) is 31.9. The van der Waals surface area contributed by atoms with Gasteiger partial charge in [-0.2, -0.15) is 0 Å². The van der Waals surface area contributed by atoms with Gasteiger partial charge in [0.05, 0.1) is 11.0 Å². The largest absolute Gasteiger partial charge is 0.416 e. The van der Waals surface area contributed by atoms with Gasteiger partial charge in [-0.25, -0.2) is 0 Å². The fraction of sp³-hybridized carbons (Fsp3) is 0. The first-order chi connectivity index (χ1) is 23.8. The third-order valence-corrected chi connectivity index (χ3v) is 9.03. The quantitative estimate of drug-likeness (QED) is 0.187. The molecule has 0 saturated heterocycles. The molecule has 0 amide bonds. The Bertz CT molecular complexity index is 2550. The van der Waals surface area contributed by atoms with E-state index >= 15 is 0 Å². The zero-order valence-corrected chi connectivity index (χ0v) is 26.0. The average molecular weight is 616 g/mol. The van der Waals surface area contributed by atoms with E-state index in [1.54, 1.807) is 0 Å². The Morgan fingerprint density at radius 3 is 1.52 bits per heavy atom. The summed E-state index contributed by atoms with van der Waals surface area (Å²) in [6.07, 6.45) is 0. The van der Waals surface area contributed by atoms with Gasteiger partial charge in [0.15, 0.2) is 0 Å². The van der Waals surface area contributed by atoms with E-state index in [0.29, 0.717) is 11.8 Å². The predicted octanol–water partition coefficient (Wildman–Crippen LogP) is 11.5. The number of benzene rings is 7. The Kier molecular flexibility index (Phi) is 6.76. The highest BCUT2D eigenvalue weighted by atomic mass is 16.4. The van der Waals surface area contributed by atoms with E-state index in [1.165, 1.54) is 44.1 Å². The predicted molar refractivity (Wildman–Crippen MR) is 196 cm³/mol. The maximum atomic E-state index is 6.02. The lowest BCUT2D eigenvalue weighted by Crippen LogP contribution is -1.93. The van der Waals surface area contributed by atoms with Crippen molar-refractivity contribution in [3.63, 3.8) is 0 Å². The number of nitrogens with zero attached hydrogens (tertiary/aromatic N) is 3. The lowest BCUT2D eigenvalue weighted by molar-refractivity contribution is 0.584. The van der Waals surface area contributed by atoms with Gasteiger partial charge in [-0.05, 0) is 88.0 Å². The summed E-state index contributed by atoms with van der Waals surface area (Å²) in [4.78, 5) is 0. The first-order valence-corrected chi connectivity index (χ1v) is 16.1. The normalized spacial score (nSPS) is 11.3. The van der Waals surface area contributed by atoms with E-state index < -0.39 is 0 Å². The summed E-state index contributed by atoms with van der Waals surface area (Å²) < 4.78 is 8.38. The highest BCUT2D eigenvalue weighted by Gasteiger charge is 2.17. The molecule has 4 nitrogen and oxygen atoms in total. The van der Waals surface area contributed by atoms with Gasteiger partial charge in [-0.3, -0.25) is 0 Å². The minimum atomic E-state index is 0.503. The van der Waals surface area contributed by atoms with Crippen molar-refractivity contribution in [2.24, 2.45) is 0 Å². The molecule has 9 rings (SSSR count). The fourth-order valence-electron chi connectivity index (χ4n) is 6.76. The summed E-state index contributed by atoms with van der Waals surface area (Å²) in [6, 6.07) is 61.7. The second-order valence-electron chi connectivity index (χ2n) is 11.9. The van der Waals surface area contributed by atoms with Gasteiger partial charge in [0, 0.05) is 27.6 Å². The summed E-state index contributed by atoms with van der Waals surface area (Å²) in [6.45, 7) is 0. The van der Waals surface area contributed by atoms with Crippen LogP contribution in [0.4, 0.5) is 0 Å². The average Bonchev–Trinajstić information content (AvgIpc) is 3.79. The van der Waals surface area contributed by atoms with Gasteiger partial charge in [0.1, 0.15) is 0 Å². The Hall–Kier alpha value is -6.52. The van der Waals surface area contributed by atoms with Crippen molar-refractivity contribution in [2.45, 2.75) is 0 Å². The van der Waals surface area contributed by atoms with Crippen molar-refractivity contribution in [3.05, 3.63) is 176 Å². The number of aromatic nitrogens is 3. The lowest BCUT2D eigenvalue weighted by atomic mass is 9.89. The Morgan fingerprint density at radius 1 is 0.354 bits per heavy atom.